The van der Waals surface area contributed by atoms with Crippen LogP contribution in [0.25, 0.3) is 23.1 Å². The molecule has 0 N–H and O–H groups in total. The lowest BCUT2D eigenvalue weighted by Crippen LogP contribution is -2.19. The van der Waals surface area contributed by atoms with Gasteiger partial charge in [-0.05, 0) is 69.2 Å². The number of carbonyl (C=O) groups is 3. The highest BCUT2D eigenvalue weighted by molar-refractivity contribution is 6.31. The number of benzene rings is 2. The van der Waals surface area contributed by atoms with Crippen molar-refractivity contribution in [3.05, 3.63) is 76.0 Å². The molecule has 0 aliphatic rings. The van der Waals surface area contributed by atoms with Crippen LogP contribution in [0.2, 0.25) is 5.02 Å². The molecule has 2 aromatic carbocycles. The summed E-state index contributed by atoms with van der Waals surface area (Å²) in [6, 6.07) is 14.1. The average molecular weight is 542 g/mol. The van der Waals surface area contributed by atoms with E-state index in [4.69, 9.17) is 35.3 Å². The van der Waals surface area contributed by atoms with Gasteiger partial charge in [-0.25, -0.2) is 19.0 Å². The van der Waals surface area contributed by atoms with Crippen LogP contribution in [0.15, 0.2) is 59.9 Å². The molecule has 0 unspecified atom stereocenters. The molecule has 0 saturated carbocycles. The summed E-state index contributed by atoms with van der Waals surface area (Å²) in [7, 11) is 0. The Kier molecular flexibility index (Phi) is 9.95. The number of rotatable bonds is 8. The Morgan fingerprint density at radius 2 is 1.53 bits per heavy atom. The number of aromatic nitrogens is 1. The number of allylic oxidation sites excluding steroid dienone is 1. The largest absolute Gasteiger partial charge is 0.515 e. The highest BCUT2D eigenvalue weighted by Crippen LogP contribution is 2.37. The molecule has 0 saturated heterocycles. The van der Waals surface area contributed by atoms with Gasteiger partial charge in [-0.1, -0.05) is 41.9 Å². The maximum absolute atomic E-state index is 13.0. The summed E-state index contributed by atoms with van der Waals surface area (Å²) in [5.41, 5.74) is 1.97. The normalized spacial score (nSPS) is 11.7. The van der Waals surface area contributed by atoms with Gasteiger partial charge in [-0.15, -0.1) is 0 Å². The molecule has 0 aliphatic carbocycles. The number of halogens is 1. The highest BCUT2D eigenvalue weighted by Gasteiger charge is 2.27. The van der Waals surface area contributed by atoms with Crippen molar-refractivity contribution in [1.82, 2.24) is 4.57 Å². The van der Waals surface area contributed by atoms with E-state index in [2.05, 4.69) is 0 Å². The molecule has 0 radical (unpaired) electrons. The highest BCUT2D eigenvalue weighted by atomic mass is 35.5. The van der Waals surface area contributed by atoms with Crippen molar-refractivity contribution in [2.24, 2.45) is 0 Å². The van der Waals surface area contributed by atoms with Gasteiger partial charge >= 0.3 is 18.4 Å². The molecule has 10 heteroatoms. The van der Waals surface area contributed by atoms with Crippen LogP contribution in [0.1, 0.15) is 38.8 Å². The van der Waals surface area contributed by atoms with E-state index in [1.54, 1.807) is 52.0 Å². The van der Waals surface area contributed by atoms with Gasteiger partial charge in [0.15, 0.2) is 0 Å². The first-order valence-electron chi connectivity index (χ1n) is 11.9. The van der Waals surface area contributed by atoms with E-state index < -0.39 is 18.4 Å². The molecule has 38 heavy (non-hydrogen) atoms. The Labute approximate surface area is 225 Å². The van der Waals surface area contributed by atoms with Crippen molar-refractivity contribution < 1.29 is 38.1 Å². The molecule has 3 aromatic rings. The maximum Gasteiger partial charge on any atom is 0.515 e. The number of fused-ring (bicyclic) bond motifs is 1. The number of ether oxygens (including phenoxy) is 5. The van der Waals surface area contributed by atoms with Crippen LogP contribution in [0.3, 0.4) is 0 Å². The lowest BCUT2D eigenvalue weighted by atomic mass is 10.1. The Morgan fingerprint density at radius 3 is 2.18 bits per heavy atom. The Morgan fingerprint density at radius 1 is 0.868 bits per heavy atom. The first-order chi connectivity index (χ1) is 18.3. The minimum Gasteiger partial charge on any atom is -0.449 e. The molecule has 9 nitrogen and oxygen atoms in total. The first kappa shape index (κ1) is 28.3. The SMILES string of the molecule is CCOC(=O)OC(=C\c1c(OC(=O)OCC)n(C(=O)OCC)c2ccc(Cl)cc12)/C(C)=C/c1ccccc1. The maximum atomic E-state index is 13.0. The molecular weight excluding hydrogens is 514 g/mol. The molecule has 0 fully saturated rings. The van der Waals surface area contributed by atoms with Gasteiger partial charge in [0.05, 0.1) is 25.3 Å². The van der Waals surface area contributed by atoms with E-state index in [1.807, 2.05) is 30.3 Å². The Hall–Kier alpha value is -4.24. The standard InChI is InChI=1S/C28H28ClNO8/c1-5-34-26(31)30-23-14-13-20(29)16-21(23)22(25(30)38-28(33)36-7-3)17-24(37-27(32)35-6-2)18(4)15-19-11-9-8-10-12-19/h8-17H,5-7H2,1-4H3/b18-15+,24-17-. The van der Waals surface area contributed by atoms with Crippen LogP contribution >= 0.6 is 11.6 Å². The first-order valence-corrected chi connectivity index (χ1v) is 12.3. The van der Waals surface area contributed by atoms with Crippen LogP contribution in [0.5, 0.6) is 5.88 Å². The monoisotopic (exact) mass is 541 g/mol. The summed E-state index contributed by atoms with van der Waals surface area (Å²) in [5, 5.41) is 0.794. The molecule has 0 amide bonds. The van der Waals surface area contributed by atoms with Crippen molar-refractivity contribution >= 4 is 53.1 Å². The van der Waals surface area contributed by atoms with Gasteiger partial charge in [0.25, 0.3) is 0 Å². The zero-order chi connectivity index (χ0) is 27.7. The summed E-state index contributed by atoms with van der Waals surface area (Å²) in [4.78, 5) is 37.7. The predicted octanol–water partition coefficient (Wildman–Crippen LogP) is 7.45. The third-order valence-corrected chi connectivity index (χ3v) is 5.35. The summed E-state index contributed by atoms with van der Waals surface area (Å²) < 4.78 is 27.3. The van der Waals surface area contributed by atoms with Crippen molar-refractivity contribution in [3.8, 4) is 5.88 Å². The van der Waals surface area contributed by atoms with E-state index >= 15 is 0 Å². The van der Waals surface area contributed by atoms with Gasteiger partial charge in [-0.2, -0.15) is 0 Å². The van der Waals surface area contributed by atoms with Crippen LogP contribution in [0.4, 0.5) is 14.4 Å². The van der Waals surface area contributed by atoms with Gasteiger partial charge in [0.2, 0.25) is 5.88 Å². The van der Waals surface area contributed by atoms with Crippen molar-refractivity contribution in [2.75, 3.05) is 19.8 Å². The number of carbonyl (C=O) groups excluding carboxylic acids is 3. The van der Waals surface area contributed by atoms with Crippen LogP contribution in [-0.2, 0) is 18.9 Å². The van der Waals surface area contributed by atoms with Crippen LogP contribution in [0, 0.1) is 0 Å². The fraction of sp³-hybridized carbons (Fsp3) is 0.250. The molecular formula is C28H28ClNO8. The van der Waals surface area contributed by atoms with Gasteiger partial charge in [-0.3, -0.25) is 0 Å². The van der Waals surface area contributed by atoms with E-state index in [1.165, 1.54) is 6.08 Å². The summed E-state index contributed by atoms with van der Waals surface area (Å²) in [6.45, 7) is 6.88. The van der Waals surface area contributed by atoms with E-state index in [0.29, 0.717) is 21.5 Å². The number of nitrogens with zero attached hydrogens (tertiary/aromatic N) is 1. The van der Waals surface area contributed by atoms with Gasteiger partial charge in [0.1, 0.15) is 5.76 Å². The second-order valence-electron chi connectivity index (χ2n) is 7.73. The topological polar surface area (TPSA) is 102 Å². The Balaban J connectivity index is 2.31. The molecule has 1 aromatic heterocycles. The molecule has 0 atom stereocenters. The van der Waals surface area contributed by atoms with E-state index in [9.17, 15) is 14.4 Å². The smallest absolute Gasteiger partial charge is 0.449 e. The number of hydrogen-bond acceptors (Lipinski definition) is 8. The number of hydrogen-bond donors (Lipinski definition) is 0. The zero-order valence-electron chi connectivity index (χ0n) is 21.5. The molecule has 3 rings (SSSR count). The molecule has 1 heterocycles. The summed E-state index contributed by atoms with van der Waals surface area (Å²) in [6.07, 6.45) is 0.511. The molecule has 0 bridgehead atoms. The fourth-order valence-electron chi connectivity index (χ4n) is 3.56. The predicted molar refractivity (Wildman–Crippen MR) is 143 cm³/mol. The van der Waals surface area contributed by atoms with Gasteiger partial charge in [0, 0.05) is 16.0 Å². The summed E-state index contributed by atoms with van der Waals surface area (Å²) in [5.74, 6) is -0.111. The second kappa shape index (κ2) is 13.3. The third-order valence-electron chi connectivity index (χ3n) is 5.12. The minimum absolute atomic E-state index is 0.0472. The lowest BCUT2D eigenvalue weighted by Gasteiger charge is -2.12. The molecule has 0 spiro atoms. The quantitative estimate of drug-likeness (QED) is 0.125. The van der Waals surface area contributed by atoms with Crippen molar-refractivity contribution in [1.29, 1.82) is 0 Å². The second-order valence-corrected chi connectivity index (χ2v) is 8.17. The molecule has 200 valence electrons. The van der Waals surface area contributed by atoms with Crippen molar-refractivity contribution in [2.45, 2.75) is 27.7 Å². The van der Waals surface area contributed by atoms with Crippen molar-refractivity contribution in [3.63, 3.8) is 0 Å². The average Bonchev–Trinajstić information content (AvgIpc) is 3.16. The molecule has 0 aliphatic heterocycles. The van der Waals surface area contributed by atoms with Crippen LogP contribution in [-0.4, -0.2) is 42.8 Å². The van der Waals surface area contributed by atoms with E-state index in [0.717, 1.165) is 10.1 Å². The fourth-order valence-corrected chi connectivity index (χ4v) is 3.73. The van der Waals surface area contributed by atoms with Gasteiger partial charge < -0.3 is 23.7 Å². The van der Waals surface area contributed by atoms with Crippen LogP contribution < -0.4 is 4.74 Å². The summed E-state index contributed by atoms with van der Waals surface area (Å²) >= 11 is 6.29. The zero-order valence-corrected chi connectivity index (χ0v) is 22.2. The lowest BCUT2D eigenvalue weighted by molar-refractivity contribution is 0.0836. The Bertz CT molecular complexity index is 1370. The third kappa shape index (κ3) is 6.95. The minimum atomic E-state index is -1.04. The van der Waals surface area contributed by atoms with E-state index in [-0.39, 0.29) is 37.0 Å².